The fourth-order valence-electron chi connectivity index (χ4n) is 28.4. The van der Waals surface area contributed by atoms with Crippen molar-refractivity contribution in [3.63, 3.8) is 0 Å². The van der Waals surface area contributed by atoms with Gasteiger partial charge in [-0.1, -0.05) is 176 Å². The largest absolute Gasteiger partial charge is 0.309 e. The summed E-state index contributed by atoms with van der Waals surface area (Å²) < 4.78 is 0. The first-order valence-electron chi connectivity index (χ1n) is 50.3. The van der Waals surface area contributed by atoms with Crippen LogP contribution in [0.3, 0.4) is 0 Å². The molecule has 0 unspecified atom stereocenters. The third-order valence-corrected chi connectivity index (χ3v) is 34.3. The Morgan fingerprint density at radius 2 is 0.414 bits per heavy atom. The van der Waals surface area contributed by atoms with E-state index >= 15 is 0 Å². The van der Waals surface area contributed by atoms with Crippen LogP contribution in [0.25, 0.3) is 89.0 Å². The van der Waals surface area contributed by atoms with Gasteiger partial charge in [-0.2, -0.15) is 0 Å². The number of hydrogen-bond acceptors (Lipinski definition) is 8. The maximum Gasteiger partial charge on any atom is 0.141 e. The molecule has 20 aromatic rings. The predicted molar refractivity (Wildman–Crippen MR) is 564 cm³/mol. The van der Waals surface area contributed by atoms with E-state index in [9.17, 15) is 0 Å². The van der Waals surface area contributed by atoms with Gasteiger partial charge in [-0.3, -0.25) is 19.9 Å². The summed E-state index contributed by atoms with van der Waals surface area (Å²) in [5.74, 6) is 1.10. The van der Waals surface area contributed by atoms with E-state index in [1.165, 1.54) is 330 Å². The fraction of sp³-hybridized carbons (Fsp3) is 0.121. The lowest BCUT2D eigenvalue weighted by atomic mass is 9.82. The van der Waals surface area contributed by atoms with Crippen LogP contribution in [0.2, 0.25) is 0 Å². The van der Waals surface area contributed by atoms with Crippen LogP contribution in [-0.4, -0.2) is 19.9 Å². The highest BCUT2D eigenvalue weighted by molar-refractivity contribution is 6.02. The molecule has 12 heterocycles. The molecule has 0 atom stereocenters. The zero-order valence-corrected chi connectivity index (χ0v) is 77.2. The van der Waals surface area contributed by atoms with Gasteiger partial charge in [-0.05, 0) is 440 Å². The van der Waals surface area contributed by atoms with E-state index in [1.54, 1.807) is 0 Å². The molecule has 16 aliphatic rings. The maximum atomic E-state index is 4.87. The van der Waals surface area contributed by atoms with Crippen LogP contribution in [0, 0.1) is 0 Å². The number of anilines is 12. The summed E-state index contributed by atoms with van der Waals surface area (Å²) in [5, 5.41) is 0. The average molecular weight is 1790 g/mol. The van der Waals surface area contributed by atoms with Crippen molar-refractivity contribution in [2.75, 3.05) is 19.6 Å². The molecule has 0 saturated carbocycles. The molecule has 0 radical (unpaired) electrons. The molecule has 8 aliphatic heterocycles. The molecule has 0 fully saturated rings. The Morgan fingerprint density at radius 3 is 0.843 bits per heavy atom. The van der Waals surface area contributed by atoms with Crippen molar-refractivity contribution in [3.8, 4) is 89.0 Å². The topological polar surface area (TPSA) is 64.5 Å². The third kappa shape index (κ3) is 10.8. The number of para-hydroxylation sites is 4. The molecule has 0 N–H and O–H groups in total. The van der Waals surface area contributed by atoms with E-state index in [0.717, 1.165) is 109 Å². The normalized spacial score (nSPS) is 14.9. The number of benzene rings is 16. The standard InChI is InChI=1S/4C33H22N2/c1-3-9-25-19(6-1)12-22-15-27-23(16-26(22)25)17-29-28(27)18-24-13-21-8-5-11-34-33(21)35-31-10-4-2-7-20(31)14-30(29)32(24)35;1-3-8-24-19(6-1)12-21-14-26-22(15-25(21)24)16-28-27(26)17-23-18-30-32(10-5-11-34-30)35-31-9-4-2-7-20(31)13-29(28)33(23)35;1-3-7-25-19(5-1)11-21-14-27-22(15-26(21)25)16-29-28(27)17-23-12-24-18-34-10-9-32(24)35-31-8-4-2-6-20(31)13-30(29)33(23)35;1-3-7-25-19(5-1)11-22-14-27-23(15-26(22)25)16-29-28(27)17-24-12-21-9-10-34-18-32(21)35-31-8-4-2-6-20(31)13-30(29)33(24)35/h1-11,15-16,18H,12-14,17H2;1-11,14-15,17H,12-13,16,18H2;2*1-10,14-15,17-18H,11-13,16H2. The van der Waals surface area contributed by atoms with Gasteiger partial charge in [-0.25, -0.2) is 4.98 Å². The second-order valence-corrected chi connectivity index (χ2v) is 41.5. The van der Waals surface area contributed by atoms with Crippen molar-refractivity contribution in [2.24, 2.45) is 0 Å². The highest BCUT2D eigenvalue weighted by atomic mass is 15.2. The van der Waals surface area contributed by atoms with Crippen LogP contribution in [-0.2, 0) is 103 Å². The van der Waals surface area contributed by atoms with Gasteiger partial charge in [0.05, 0.1) is 57.4 Å². The van der Waals surface area contributed by atoms with E-state index in [2.05, 4.69) is 339 Å². The fourth-order valence-corrected chi connectivity index (χ4v) is 28.4. The molecule has 140 heavy (non-hydrogen) atoms. The highest BCUT2D eigenvalue weighted by Gasteiger charge is 2.44. The van der Waals surface area contributed by atoms with Crippen LogP contribution in [0.4, 0.5) is 68.4 Å². The lowest BCUT2D eigenvalue weighted by Gasteiger charge is -2.40. The number of pyridine rings is 4. The Morgan fingerprint density at radius 1 is 0.150 bits per heavy atom. The second-order valence-electron chi connectivity index (χ2n) is 41.5. The molecule has 0 amide bonds. The second kappa shape index (κ2) is 28.5. The predicted octanol–water partition coefficient (Wildman–Crippen LogP) is 30.0. The minimum Gasteiger partial charge on any atom is -0.309 e. The van der Waals surface area contributed by atoms with Crippen molar-refractivity contribution in [3.05, 3.63) is 519 Å². The molecule has 0 spiro atoms. The monoisotopic (exact) mass is 1780 g/mol. The zero-order chi connectivity index (χ0) is 90.7. The van der Waals surface area contributed by atoms with Crippen LogP contribution < -0.4 is 19.6 Å². The number of hydrogen-bond donors (Lipinski definition) is 0. The van der Waals surface area contributed by atoms with E-state index in [0.29, 0.717) is 0 Å². The van der Waals surface area contributed by atoms with Crippen molar-refractivity contribution >= 4 is 68.4 Å². The van der Waals surface area contributed by atoms with E-state index < -0.39 is 0 Å². The van der Waals surface area contributed by atoms with Gasteiger partial charge in [-0.15, -0.1) is 0 Å². The summed E-state index contributed by atoms with van der Waals surface area (Å²) in [6.07, 6.45) is 27.9. The smallest absolute Gasteiger partial charge is 0.141 e. The van der Waals surface area contributed by atoms with Crippen LogP contribution >= 0.6 is 0 Å². The van der Waals surface area contributed by atoms with Gasteiger partial charge >= 0.3 is 0 Å². The van der Waals surface area contributed by atoms with Crippen LogP contribution in [0.5, 0.6) is 0 Å². The van der Waals surface area contributed by atoms with Crippen molar-refractivity contribution in [1.29, 1.82) is 0 Å². The molecular weight excluding hydrogens is 1700 g/mol. The quantitative estimate of drug-likeness (QED) is 0.149. The first-order chi connectivity index (χ1) is 69.3. The molecule has 0 saturated heterocycles. The van der Waals surface area contributed by atoms with Gasteiger partial charge in [0.1, 0.15) is 5.82 Å². The summed E-state index contributed by atoms with van der Waals surface area (Å²) in [5.41, 5.74) is 84.0. The van der Waals surface area contributed by atoms with Gasteiger partial charge in [0.25, 0.3) is 0 Å². The molecule has 0 bridgehead atoms. The number of fused-ring (bicyclic) bond motifs is 44. The van der Waals surface area contributed by atoms with Crippen LogP contribution in [0.15, 0.2) is 340 Å². The summed E-state index contributed by atoms with van der Waals surface area (Å²) in [7, 11) is 0. The summed E-state index contributed by atoms with van der Waals surface area (Å²) in [6, 6.07) is 114. The van der Waals surface area contributed by atoms with Gasteiger partial charge < -0.3 is 14.7 Å². The lowest BCUT2D eigenvalue weighted by molar-refractivity contribution is 0.961. The third-order valence-electron chi connectivity index (χ3n) is 34.3. The van der Waals surface area contributed by atoms with Gasteiger partial charge in [0, 0.05) is 99.4 Å². The Balaban J connectivity index is 0.0000000829. The number of rotatable bonds is 0. The van der Waals surface area contributed by atoms with E-state index in [-0.39, 0.29) is 0 Å². The SMILES string of the molecule is c1ccc2c(c1)Cc1cc3c(cc1-2)Cc1c-3cc2c3c1Cc1ccccc1N3c1cccnc1C2.c1ccc2c(c1)Cc1cc3c(cc1-2)Cc1c-3cc2c3c1Cc1ccccc1N3c1ccncc1C2.c1ccc2c(c1)Cc1cc3c(cc1-2)Cc1c-3cc2c3c1Cc1ccccc1N3c1cnccc1C2.c1ccc2c(c1)Cc1cc3c(cc1-2)Cc1c-3cc2c3c1Cc1ccccc1N3c1ncccc1C2. The Labute approximate surface area is 812 Å². The van der Waals surface area contributed by atoms with E-state index in [1.807, 2.05) is 31.0 Å². The van der Waals surface area contributed by atoms with E-state index in [4.69, 9.17) is 9.97 Å². The molecule has 8 aliphatic carbocycles. The molecule has 36 rings (SSSR count). The zero-order valence-electron chi connectivity index (χ0n) is 77.2. The Hall–Kier alpha value is -16.7. The average Bonchev–Trinajstić information content (AvgIpc) is 1.45. The number of aromatic nitrogens is 4. The Bertz CT molecular complexity index is 8040. The maximum absolute atomic E-state index is 4.87. The Kier molecular flexibility index (Phi) is 15.6. The first-order valence-corrected chi connectivity index (χ1v) is 50.3. The summed E-state index contributed by atoms with van der Waals surface area (Å²) in [4.78, 5) is 28.6. The molecule has 16 aromatic carbocycles. The minimum atomic E-state index is 0.899. The summed E-state index contributed by atoms with van der Waals surface area (Å²) in [6.45, 7) is 0. The first kappa shape index (κ1) is 76.5. The molecule has 4 aromatic heterocycles. The van der Waals surface area contributed by atoms with Crippen LogP contribution in [0.1, 0.15) is 178 Å². The lowest BCUT2D eigenvalue weighted by Crippen LogP contribution is -2.26. The molecule has 8 nitrogen and oxygen atoms in total. The van der Waals surface area contributed by atoms with Crippen molar-refractivity contribution in [2.45, 2.75) is 103 Å². The van der Waals surface area contributed by atoms with Gasteiger partial charge in [0.2, 0.25) is 0 Å². The van der Waals surface area contributed by atoms with Crippen molar-refractivity contribution < 1.29 is 0 Å². The molecule has 656 valence electrons. The van der Waals surface area contributed by atoms with Crippen molar-refractivity contribution in [1.82, 2.24) is 19.9 Å². The molecular formula is C132H88N8. The molecule has 8 heteroatoms. The minimum absolute atomic E-state index is 0.899. The summed E-state index contributed by atoms with van der Waals surface area (Å²) >= 11 is 0. The van der Waals surface area contributed by atoms with Gasteiger partial charge in [0.15, 0.2) is 0 Å². The highest BCUT2D eigenvalue weighted by Crippen LogP contribution is 2.63. The number of nitrogens with zero attached hydrogens (tertiary/aromatic N) is 8.